The van der Waals surface area contributed by atoms with Crippen LogP contribution < -0.4 is 0 Å². The average molecular weight is 163 g/mol. The van der Waals surface area contributed by atoms with Crippen LogP contribution in [0.25, 0.3) is 0 Å². The monoisotopic (exact) mass is 163 g/mol. The lowest BCUT2D eigenvalue weighted by Crippen LogP contribution is -2.04. The molecule has 1 heterocycles. The maximum atomic E-state index is 5.15. The molecule has 0 saturated carbocycles. The van der Waals surface area contributed by atoms with Crippen molar-refractivity contribution in [3.63, 3.8) is 0 Å². The summed E-state index contributed by atoms with van der Waals surface area (Å²) in [5.41, 5.74) is 0. The molecule has 8 heavy (non-hydrogen) atoms. The minimum Gasteiger partial charge on any atom is -0.463 e. The van der Waals surface area contributed by atoms with Gasteiger partial charge in [0.2, 0.25) is 9.76 Å². The number of nitrogens with zero attached hydrogens (tertiary/aromatic N) is 1. The molecule has 0 bridgehead atoms. The van der Waals surface area contributed by atoms with Gasteiger partial charge in [-0.25, -0.2) is 0 Å². The van der Waals surface area contributed by atoms with Gasteiger partial charge in [0.05, 0.1) is 4.67 Å². The number of rotatable bonds is 2. The van der Waals surface area contributed by atoms with Crippen molar-refractivity contribution in [2.24, 2.45) is 4.99 Å². The largest absolute Gasteiger partial charge is 0.463 e. The molecular weight excluding hydrogens is 154 g/mol. The molecule has 2 nitrogen and oxygen atoms in total. The summed E-state index contributed by atoms with van der Waals surface area (Å²) in [5, 5.41) is 0. The smallest absolute Gasteiger partial charge is 0.207 e. The van der Waals surface area contributed by atoms with E-state index in [4.69, 9.17) is 4.12 Å². The topological polar surface area (TPSA) is 21.6 Å². The third kappa shape index (κ3) is 1.73. The normalized spacial score (nSPS) is 20.8. The van der Waals surface area contributed by atoms with Crippen LogP contribution in [-0.4, -0.2) is 37.2 Å². The fraction of sp³-hybridized carbons (Fsp3) is 0.667. The van der Waals surface area contributed by atoms with E-state index in [0.717, 1.165) is 17.0 Å². The molecular formula is C3H9NOSSi2. The lowest BCUT2D eigenvalue weighted by molar-refractivity contribution is 0.680. The first-order valence-corrected chi connectivity index (χ1v) is 5.67. The molecule has 0 radical (unpaired) electrons. The zero-order chi connectivity index (χ0) is 5.82. The van der Waals surface area contributed by atoms with Crippen LogP contribution in [0, 0.1) is 0 Å². The zero-order valence-electron chi connectivity index (χ0n) is 4.89. The van der Waals surface area contributed by atoms with Crippen molar-refractivity contribution in [1.29, 1.82) is 0 Å². The molecule has 0 aromatic heterocycles. The zero-order valence-corrected chi connectivity index (χ0v) is 9.12. The maximum absolute atomic E-state index is 5.15. The Bertz CT molecular complexity index is 107. The van der Waals surface area contributed by atoms with E-state index in [1.165, 1.54) is 10.4 Å². The van der Waals surface area contributed by atoms with E-state index in [1.54, 1.807) is 0 Å². The summed E-state index contributed by atoms with van der Waals surface area (Å²) in [4.78, 5) is 4.26. The van der Waals surface area contributed by atoms with E-state index in [1.807, 2.05) is 11.8 Å². The fourth-order valence-electron chi connectivity index (χ4n) is 0.590. The Morgan fingerprint density at radius 2 is 2.75 bits per heavy atom. The minimum absolute atomic E-state index is 0.327. The van der Waals surface area contributed by atoms with Gasteiger partial charge in [0.1, 0.15) is 10.5 Å². The molecule has 0 aromatic carbocycles. The summed E-state index contributed by atoms with van der Waals surface area (Å²) in [7, 11) is 0.564. The first-order valence-electron chi connectivity index (χ1n) is 2.58. The van der Waals surface area contributed by atoms with Crippen LogP contribution in [0.3, 0.4) is 0 Å². The maximum Gasteiger partial charge on any atom is 0.207 e. The summed E-state index contributed by atoms with van der Waals surface area (Å²) in [6, 6.07) is 0. The second kappa shape index (κ2) is 3.44. The second-order valence-electron chi connectivity index (χ2n) is 1.56. The highest BCUT2D eigenvalue weighted by Gasteiger charge is 2.04. The molecule has 46 valence electrons. The molecule has 1 aliphatic rings. The number of hydrogen-bond acceptors (Lipinski definition) is 3. The SMILES string of the molecule is [SiH3]O[SiH2]C1=NCCS1. The van der Waals surface area contributed by atoms with Crippen LogP contribution in [0.4, 0.5) is 0 Å². The molecule has 0 atom stereocenters. The summed E-state index contributed by atoms with van der Waals surface area (Å²) >= 11 is 1.88. The summed E-state index contributed by atoms with van der Waals surface area (Å²) in [6.45, 7) is 1.03. The average Bonchev–Trinajstić information content (AvgIpc) is 2.19. The van der Waals surface area contributed by atoms with E-state index >= 15 is 0 Å². The molecule has 0 aromatic rings. The van der Waals surface area contributed by atoms with Crippen LogP contribution in [0.2, 0.25) is 0 Å². The quantitative estimate of drug-likeness (QED) is 0.461. The third-order valence-electron chi connectivity index (χ3n) is 0.916. The summed E-state index contributed by atoms with van der Waals surface area (Å²) < 4.78 is 6.47. The first kappa shape index (κ1) is 6.53. The molecule has 0 saturated heterocycles. The molecule has 0 amide bonds. The minimum atomic E-state index is -0.327. The van der Waals surface area contributed by atoms with Gasteiger partial charge >= 0.3 is 0 Å². The van der Waals surface area contributed by atoms with Gasteiger partial charge in [-0.15, -0.1) is 11.8 Å². The lowest BCUT2D eigenvalue weighted by atomic mass is 10.8. The lowest BCUT2D eigenvalue weighted by Gasteiger charge is -1.92. The molecule has 5 heteroatoms. The summed E-state index contributed by atoms with van der Waals surface area (Å²) in [5.74, 6) is 1.19. The molecule has 0 unspecified atom stereocenters. The number of aliphatic imine (C=N–C) groups is 1. The second-order valence-corrected chi connectivity index (χ2v) is 6.51. The van der Waals surface area contributed by atoms with Crippen molar-refractivity contribution >= 4 is 36.7 Å². The highest BCUT2D eigenvalue weighted by Crippen LogP contribution is 2.09. The standard InChI is InChI=1S/C3H9NOSSi2/c7-5-8-3-4-1-2-6-3/h1-2,8H2,7H3. The first-order chi connectivity index (χ1) is 3.93. The summed E-state index contributed by atoms with van der Waals surface area (Å²) in [6.07, 6.45) is 0. The molecule has 0 spiro atoms. The molecule has 0 N–H and O–H groups in total. The molecule has 1 aliphatic heterocycles. The Morgan fingerprint density at radius 1 is 1.88 bits per heavy atom. The van der Waals surface area contributed by atoms with Crippen molar-refractivity contribution in [2.75, 3.05) is 12.3 Å². The van der Waals surface area contributed by atoms with Crippen LogP contribution >= 0.6 is 11.8 Å². The fourth-order valence-corrected chi connectivity index (χ4v) is 4.26. The van der Waals surface area contributed by atoms with Gasteiger partial charge in [-0.3, -0.25) is 4.99 Å². The van der Waals surface area contributed by atoms with Crippen LogP contribution in [0.15, 0.2) is 4.99 Å². The van der Waals surface area contributed by atoms with Crippen molar-refractivity contribution in [1.82, 2.24) is 0 Å². The van der Waals surface area contributed by atoms with Gasteiger partial charge in [-0.05, 0) is 0 Å². The van der Waals surface area contributed by atoms with Crippen LogP contribution in [0.5, 0.6) is 0 Å². The van der Waals surface area contributed by atoms with Gasteiger partial charge in [0.25, 0.3) is 0 Å². The van der Waals surface area contributed by atoms with Gasteiger partial charge < -0.3 is 4.12 Å². The van der Waals surface area contributed by atoms with Gasteiger partial charge in [0.15, 0.2) is 0 Å². The Hall–Kier alpha value is 0.414. The molecule has 0 aliphatic carbocycles. The van der Waals surface area contributed by atoms with Crippen molar-refractivity contribution < 1.29 is 4.12 Å². The van der Waals surface area contributed by atoms with Crippen molar-refractivity contribution in [3.05, 3.63) is 0 Å². The van der Waals surface area contributed by atoms with E-state index in [0.29, 0.717) is 0 Å². The molecule has 0 fully saturated rings. The highest BCUT2D eigenvalue weighted by atomic mass is 32.2. The highest BCUT2D eigenvalue weighted by molar-refractivity contribution is 8.17. The van der Waals surface area contributed by atoms with E-state index in [2.05, 4.69) is 4.99 Å². The Kier molecular flexibility index (Phi) is 2.81. The van der Waals surface area contributed by atoms with E-state index in [-0.39, 0.29) is 9.76 Å². The Balaban J connectivity index is 2.23. The van der Waals surface area contributed by atoms with Crippen LogP contribution in [0.1, 0.15) is 0 Å². The van der Waals surface area contributed by atoms with Crippen molar-refractivity contribution in [2.45, 2.75) is 0 Å². The number of thioether (sulfide) groups is 1. The van der Waals surface area contributed by atoms with Crippen LogP contribution in [-0.2, 0) is 4.12 Å². The third-order valence-corrected chi connectivity index (χ3v) is 4.36. The predicted octanol–water partition coefficient (Wildman–Crippen LogP) is -1.53. The Morgan fingerprint density at radius 3 is 3.25 bits per heavy atom. The van der Waals surface area contributed by atoms with Gasteiger partial charge in [-0.2, -0.15) is 0 Å². The molecule has 1 rings (SSSR count). The van der Waals surface area contributed by atoms with Crippen molar-refractivity contribution in [3.8, 4) is 0 Å². The van der Waals surface area contributed by atoms with E-state index < -0.39 is 0 Å². The predicted molar refractivity (Wildman–Crippen MR) is 44.3 cm³/mol. The van der Waals surface area contributed by atoms with E-state index in [9.17, 15) is 0 Å². The van der Waals surface area contributed by atoms with Gasteiger partial charge in [-0.1, -0.05) is 0 Å². The van der Waals surface area contributed by atoms with Gasteiger partial charge in [0, 0.05) is 12.3 Å². The number of hydrogen-bond donors (Lipinski definition) is 0. The Labute approximate surface area is 58.6 Å².